The van der Waals surface area contributed by atoms with E-state index in [0.717, 1.165) is 0 Å². The molecule has 1 heterocycles. The van der Waals surface area contributed by atoms with Crippen molar-refractivity contribution in [3.05, 3.63) is 82.9 Å². The third-order valence-electron chi connectivity index (χ3n) is 12.2. The lowest BCUT2D eigenvalue weighted by molar-refractivity contribution is -0.346. The Labute approximate surface area is 331 Å². The summed E-state index contributed by atoms with van der Waals surface area (Å²) < 4.78 is 24.0. The van der Waals surface area contributed by atoms with Crippen LogP contribution in [0, 0.1) is 16.7 Å². The van der Waals surface area contributed by atoms with Gasteiger partial charge in [0.05, 0.1) is 29.6 Å². The van der Waals surface area contributed by atoms with Crippen LogP contribution < -0.4 is 0 Å². The number of esters is 3. The van der Waals surface area contributed by atoms with E-state index in [1.165, 1.54) is 26.0 Å². The molecule has 2 saturated carbocycles. The second-order valence-electron chi connectivity index (χ2n) is 15.2. The van der Waals surface area contributed by atoms with Gasteiger partial charge in [0.15, 0.2) is 17.5 Å². The molecule has 0 unspecified atom stereocenters. The van der Waals surface area contributed by atoms with E-state index in [9.17, 15) is 39.6 Å². The van der Waals surface area contributed by atoms with Crippen LogP contribution in [-0.2, 0) is 33.3 Å². The molecule has 4 aliphatic rings. The molecular formula is C39H46I2O12. The Morgan fingerprint density at radius 3 is 2.09 bits per heavy atom. The minimum absolute atomic E-state index is 0.0193. The minimum Gasteiger partial charge on any atom is -0.456 e. The zero-order valence-electron chi connectivity index (χ0n) is 30.3. The fraction of sp³-hybridized carbons (Fsp3) is 0.538. The minimum atomic E-state index is -2.24. The second kappa shape index (κ2) is 15.6. The third-order valence-corrected chi connectivity index (χ3v) is 12.2. The highest BCUT2D eigenvalue weighted by Gasteiger charge is 2.78. The summed E-state index contributed by atoms with van der Waals surface area (Å²) >= 11 is 4.24. The zero-order chi connectivity index (χ0) is 39.3. The number of benzene rings is 2. The molecule has 6 rings (SSSR count). The number of carbonyl (C=O) groups excluding carboxylic acids is 4. The van der Waals surface area contributed by atoms with Gasteiger partial charge in [0.2, 0.25) is 0 Å². The van der Waals surface area contributed by atoms with Crippen molar-refractivity contribution in [1.29, 1.82) is 0 Å². The second-order valence-corrected chi connectivity index (χ2v) is 15.2. The topological polar surface area (TPSA) is 186 Å². The van der Waals surface area contributed by atoms with Crippen LogP contribution in [0.25, 0.3) is 0 Å². The first-order valence-corrected chi connectivity index (χ1v) is 23.7. The lowest BCUT2D eigenvalue weighted by Crippen LogP contribution is -2.81. The molecule has 2 aromatic carbocycles. The van der Waals surface area contributed by atoms with Crippen LogP contribution in [0.1, 0.15) is 76.2 Å². The van der Waals surface area contributed by atoms with Crippen LogP contribution in [0.2, 0.25) is 0 Å². The van der Waals surface area contributed by atoms with E-state index in [4.69, 9.17) is 18.9 Å². The number of hydrogen-bond donors (Lipinski definition) is 4. The number of ether oxygens (including phenoxy) is 4. The molecule has 11 atom stereocenters. The molecule has 4 N–H and O–H groups in total. The third kappa shape index (κ3) is 6.77. The average molecular weight is 961 g/mol. The number of aliphatic hydroxyl groups excluding tert-OH is 3. The predicted molar refractivity (Wildman–Crippen MR) is 208 cm³/mol. The number of hydrogen-bond acceptors (Lipinski definition) is 12. The molecule has 3 fully saturated rings. The molecule has 53 heavy (non-hydrogen) atoms. The molecule has 1 saturated heterocycles. The lowest BCUT2D eigenvalue weighted by Gasteiger charge is -2.67. The van der Waals surface area contributed by atoms with E-state index >= 15 is 0 Å². The van der Waals surface area contributed by atoms with Gasteiger partial charge in [-0.3, -0.25) is 9.59 Å². The van der Waals surface area contributed by atoms with Crippen LogP contribution in [-0.4, -0.2) is 98.6 Å². The Morgan fingerprint density at radius 1 is 0.962 bits per heavy atom. The number of halogens is 2. The van der Waals surface area contributed by atoms with E-state index in [-0.39, 0.29) is 29.7 Å². The Bertz CT molecular complexity index is 1750. The summed E-state index contributed by atoms with van der Waals surface area (Å²) in [5, 5.41) is 48.2. The van der Waals surface area contributed by atoms with Crippen LogP contribution >= 0.6 is 37.2 Å². The summed E-state index contributed by atoms with van der Waals surface area (Å²) in [6.07, 6.45) is -9.53. The molecule has 14 heteroatoms. The van der Waals surface area contributed by atoms with Crippen molar-refractivity contribution < 1.29 is 58.6 Å². The SMILES string of the molecule is CC(=O)O[C@@]12CO[C@@H]1C[C@H](O)[C@@]1(C)C(=O)[C@H](O)C3=C(C)[C@@H](OC(=O)[C@H](O)[C@@H](C)c4ccccc4)C[C@@](O)([C@@H](OC(=O)c4ccccc4)[C@H]21)C3(C)C.II. The van der Waals surface area contributed by atoms with Gasteiger partial charge >= 0.3 is 17.9 Å². The smallest absolute Gasteiger partial charge is 0.338 e. The van der Waals surface area contributed by atoms with Crippen LogP contribution in [0.3, 0.4) is 0 Å². The van der Waals surface area contributed by atoms with Crippen molar-refractivity contribution in [3.8, 4) is 0 Å². The highest BCUT2D eigenvalue weighted by molar-refractivity contribution is 15.0. The molecule has 0 spiro atoms. The number of aliphatic hydroxyl groups is 4. The van der Waals surface area contributed by atoms with Crippen molar-refractivity contribution in [2.24, 2.45) is 16.7 Å². The number of Topliss-reactive ketones (excluding diaryl/α,β-unsaturated/α-hetero) is 1. The number of fused-ring (bicyclic) bond motifs is 5. The lowest BCUT2D eigenvalue weighted by atomic mass is 9.44. The van der Waals surface area contributed by atoms with Crippen molar-refractivity contribution in [2.75, 3.05) is 6.61 Å². The van der Waals surface area contributed by atoms with Crippen LogP contribution in [0.5, 0.6) is 0 Å². The summed E-state index contributed by atoms with van der Waals surface area (Å²) in [7, 11) is 0. The Kier molecular flexibility index (Phi) is 12.2. The van der Waals surface area contributed by atoms with E-state index in [1.807, 2.05) is 0 Å². The van der Waals surface area contributed by atoms with E-state index in [1.54, 1.807) is 76.2 Å². The molecule has 12 nitrogen and oxygen atoms in total. The highest BCUT2D eigenvalue weighted by atomic mass is 128. The van der Waals surface area contributed by atoms with Gasteiger partial charge < -0.3 is 39.4 Å². The van der Waals surface area contributed by atoms with Crippen LogP contribution in [0.4, 0.5) is 0 Å². The quantitative estimate of drug-likeness (QED) is 0.131. The summed E-state index contributed by atoms with van der Waals surface area (Å²) in [4.78, 5) is 55.1. The number of rotatable bonds is 7. The van der Waals surface area contributed by atoms with Crippen molar-refractivity contribution in [1.82, 2.24) is 0 Å². The summed E-state index contributed by atoms with van der Waals surface area (Å²) in [5.74, 6) is -5.58. The van der Waals surface area contributed by atoms with Gasteiger partial charge in [-0.15, -0.1) is 0 Å². The molecule has 1 aliphatic heterocycles. The first-order valence-electron chi connectivity index (χ1n) is 17.4. The molecular weight excluding hydrogens is 914 g/mol. The Hall–Kier alpha value is -2.48. The van der Waals surface area contributed by atoms with E-state index in [2.05, 4.69) is 37.2 Å². The van der Waals surface area contributed by atoms with E-state index in [0.29, 0.717) is 5.56 Å². The molecule has 288 valence electrons. The predicted octanol–water partition coefficient (Wildman–Crippen LogP) is 4.57. The monoisotopic (exact) mass is 960 g/mol. The average Bonchev–Trinajstić information content (AvgIpc) is 3.13. The molecule has 3 aliphatic carbocycles. The molecule has 0 amide bonds. The molecule has 0 aromatic heterocycles. The maximum Gasteiger partial charge on any atom is 0.338 e. The first-order chi connectivity index (χ1) is 24.9. The maximum absolute atomic E-state index is 14.8. The van der Waals surface area contributed by atoms with Crippen LogP contribution in [0.15, 0.2) is 71.8 Å². The molecule has 2 bridgehead atoms. The number of carbonyl (C=O) groups is 4. The Morgan fingerprint density at radius 2 is 1.55 bits per heavy atom. The normalized spacial score (nSPS) is 35.3. The first kappa shape index (κ1) is 41.7. The van der Waals surface area contributed by atoms with Crippen molar-refractivity contribution in [3.63, 3.8) is 0 Å². The summed E-state index contributed by atoms with van der Waals surface area (Å²) in [6.45, 7) is 8.76. The van der Waals surface area contributed by atoms with Gasteiger partial charge in [-0.1, -0.05) is 69.3 Å². The van der Waals surface area contributed by atoms with Gasteiger partial charge in [-0.05, 0) is 42.7 Å². The standard InChI is InChI=1S/C39H46O12.I2/c1-20(23-13-9-7-10-14-23)29(42)35(46)49-25-18-39(47)33(50-34(45)24-15-11-8-12-16-24)31-37(6,32(44)30(43)28(21(25)2)36(39,4)5)26(41)17-27-38(31,19-48-27)51-22(3)40;1-2/h7-16,20,25-27,29-31,33,41-43,47H,17-19H2,1-6H3;/t20-,25-,26-,27+,29+,30+,31-,33-,37+,38-,39+;/m0./s1. The van der Waals surface area contributed by atoms with Crippen molar-refractivity contribution in [2.45, 2.75) is 108 Å². The fourth-order valence-corrected chi connectivity index (χ4v) is 9.13. The van der Waals surface area contributed by atoms with Gasteiger partial charge in [0.25, 0.3) is 0 Å². The van der Waals surface area contributed by atoms with Gasteiger partial charge in [-0.25, -0.2) is 9.59 Å². The molecule has 0 radical (unpaired) electrons. The zero-order valence-corrected chi connectivity index (χ0v) is 34.6. The Balaban J connectivity index is 0.00000266. The highest BCUT2D eigenvalue weighted by Crippen LogP contribution is 2.64. The molecule has 2 aromatic rings. The largest absolute Gasteiger partial charge is 0.456 e. The van der Waals surface area contributed by atoms with Gasteiger partial charge in [-0.2, -0.15) is 0 Å². The number of ketones is 1. The van der Waals surface area contributed by atoms with Crippen molar-refractivity contribution >= 4 is 60.9 Å². The maximum atomic E-state index is 14.8. The summed E-state index contributed by atoms with van der Waals surface area (Å²) in [5.41, 5.74) is -6.32. The summed E-state index contributed by atoms with van der Waals surface area (Å²) in [6, 6.07) is 16.9. The van der Waals surface area contributed by atoms with Gasteiger partial charge in [0.1, 0.15) is 30.0 Å². The van der Waals surface area contributed by atoms with Gasteiger partial charge in [0, 0.05) is 68.3 Å². The van der Waals surface area contributed by atoms with E-state index < -0.39 is 101 Å². The fourth-order valence-electron chi connectivity index (χ4n) is 9.13.